The highest BCUT2D eigenvalue weighted by Crippen LogP contribution is 2.32. The molecule has 2 amide bonds. The summed E-state index contributed by atoms with van der Waals surface area (Å²) < 4.78 is 0. The number of piperidine rings is 1. The minimum atomic E-state index is -0.451. The quantitative estimate of drug-likeness (QED) is 0.584. The molecule has 27 heavy (non-hydrogen) atoms. The van der Waals surface area contributed by atoms with Gasteiger partial charge in [-0.05, 0) is 25.2 Å². The van der Waals surface area contributed by atoms with E-state index in [1.807, 2.05) is 41.5 Å². The third-order valence-corrected chi connectivity index (χ3v) is 5.00. The van der Waals surface area contributed by atoms with Gasteiger partial charge in [-0.15, -0.1) is 0 Å². The number of imide groups is 1. The molecule has 1 saturated heterocycles. The van der Waals surface area contributed by atoms with E-state index in [9.17, 15) is 19.2 Å². The molecule has 0 N–H and O–H groups in total. The summed E-state index contributed by atoms with van der Waals surface area (Å²) in [5.41, 5.74) is 1.03. The first-order valence-corrected chi connectivity index (χ1v) is 9.48. The number of amides is 2. The van der Waals surface area contributed by atoms with Crippen molar-refractivity contribution in [2.45, 2.75) is 60.4 Å². The van der Waals surface area contributed by atoms with E-state index in [4.69, 9.17) is 0 Å². The lowest BCUT2D eigenvalue weighted by Gasteiger charge is -2.36. The Bertz CT molecular complexity index is 721. The van der Waals surface area contributed by atoms with Crippen molar-refractivity contribution in [2.24, 2.45) is 17.3 Å². The highest BCUT2D eigenvalue weighted by Gasteiger charge is 2.40. The normalized spacial score (nSPS) is 19.5. The van der Waals surface area contributed by atoms with Crippen LogP contribution in [-0.2, 0) is 9.59 Å². The van der Waals surface area contributed by atoms with Gasteiger partial charge in [0.15, 0.2) is 11.6 Å². The lowest BCUT2D eigenvalue weighted by atomic mass is 9.81. The number of nitrogens with zero attached hydrogens (tertiary/aromatic N) is 1. The van der Waals surface area contributed by atoms with Crippen LogP contribution in [0, 0.1) is 17.3 Å². The molecule has 5 heteroatoms. The second-order valence-corrected chi connectivity index (χ2v) is 8.76. The average Bonchev–Trinajstić information content (AvgIpc) is 2.77. The first-order chi connectivity index (χ1) is 12.5. The average molecular weight is 371 g/mol. The van der Waals surface area contributed by atoms with Crippen LogP contribution in [0.3, 0.4) is 0 Å². The number of ketones is 2. The van der Waals surface area contributed by atoms with Crippen molar-refractivity contribution in [3.8, 4) is 0 Å². The van der Waals surface area contributed by atoms with Crippen molar-refractivity contribution in [2.75, 3.05) is 0 Å². The standard InChI is InChI=1S/C12H12O2.C10H17NO2/c1-7(2)10-11(13)8-5-3-4-6-9(8)12(10)14;1-7(2)11-8(12)5-10(3,4)6-9(11)13/h3-7,10H,1-2H3;7H,5-6H2,1-4H3. The Hall–Kier alpha value is -2.30. The molecule has 0 aromatic heterocycles. The van der Waals surface area contributed by atoms with E-state index in [0.717, 1.165) is 0 Å². The van der Waals surface area contributed by atoms with Crippen molar-refractivity contribution in [3.63, 3.8) is 0 Å². The van der Waals surface area contributed by atoms with Gasteiger partial charge >= 0.3 is 0 Å². The van der Waals surface area contributed by atoms with Gasteiger partial charge in [-0.2, -0.15) is 0 Å². The lowest BCUT2D eigenvalue weighted by Crippen LogP contribution is -2.49. The van der Waals surface area contributed by atoms with Crippen LogP contribution in [0.15, 0.2) is 24.3 Å². The summed E-state index contributed by atoms with van der Waals surface area (Å²) in [4.78, 5) is 48.2. The number of likely N-dealkylation sites (tertiary alicyclic amines) is 1. The van der Waals surface area contributed by atoms with Gasteiger partial charge in [-0.1, -0.05) is 52.0 Å². The fourth-order valence-electron chi connectivity index (χ4n) is 3.74. The summed E-state index contributed by atoms with van der Waals surface area (Å²) in [6, 6.07) is 7.06. The molecule has 1 aliphatic heterocycles. The second kappa shape index (κ2) is 7.75. The summed E-state index contributed by atoms with van der Waals surface area (Å²) >= 11 is 0. The Labute approximate surface area is 161 Å². The second-order valence-electron chi connectivity index (χ2n) is 8.76. The van der Waals surface area contributed by atoms with Crippen LogP contribution >= 0.6 is 0 Å². The maximum atomic E-state index is 11.8. The minimum absolute atomic E-state index is 0.00361. The first kappa shape index (κ1) is 21.0. The van der Waals surface area contributed by atoms with Crippen molar-refractivity contribution >= 4 is 23.4 Å². The molecule has 0 radical (unpaired) electrons. The zero-order valence-electron chi connectivity index (χ0n) is 17.0. The van der Waals surface area contributed by atoms with Gasteiger partial charge in [0.25, 0.3) is 0 Å². The van der Waals surface area contributed by atoms with Crippen LogP contribution in [-0.4, -0.2) is 34.3 Å². The molecule has 1 aromatic carbocycles. The van der Waals surface area contributed by atoms with Crippen LogP contribution in [0.5, 0.6) is 0 Å². The predicted molar refractivity (Wildman–Crippen MR) is 103 cm³/mol. The van der Waals surface area contributed by atoms with Crippen molar-refractivity contribution in [1.82, 2.24) is 4.90 Å². The monoisotopic (exact) mass is 371 g/mol. The molecule has 0 saturated carbocycles. The molecule has 0 unspecified atom stereocenters. The fraction of sp³-hybridized carbons (Fsp3) is 0.545. The zero-order chi connectivity index (χ0) is 20.5. The summed E-state index contributed by atoms with van der Waals surface area (Å²) in [6.45, 7) is 11.5. The number of Topliss-reactive ketones (excluding diaryl/α,β-unsaturated/α-hetero) is 2. The van der Waals surface area contributed by atoms with E-state index >= 15 is 0 Å². The molecule has 1 heterocycles. The van der Waals surface area contributed by atoms with E-state index in [1.54, 1.807) is 24.3 Å². The Morgan fingerprint density at radius 3 is 1.59 bits per heavy atom. The SMILES string of the molecule is CC(C)C1C(=O)c2ccccc2C1=O.CC(C)N1C(=O)CC(C)(C)CC1=O. The molecule has 146 valence electrons. The molecule has 2 aliphatic rings. The molecule has 0 spiro atoms. The number of rotatable bonds is 2. The Morgan fingerprint density at radius 2 is 1.26 bits per heavy atom. The van der Waals surface area contributed by atoms with Crippen LogP contribution in [0.4, 0.5) is 0 Å². The molecule has 0 atom stereocenters. The van der Waals surface area contributed by atoms with Crippen LogP contribution in [0.25, 0.3) is 0 Å². The largest absolute Gasteiger partial charge is 0.293 e. The lowest BCUT2D eigenvalue weighted by molar-refractivity contribution is -0.154. The topological polar surface area (TPSA) is 71.5 Å². The van der Waals surface area contributed by atoms with Gasteiger partial charge in [0.05, 0.1) is 5.92 Å². The zero-order valence-corrected chi connectivity index (χ0v) is 17.0. The molecule has 1 aromatic rings. The van der Waals surface area contributed by atoms with Crippen molar-refractivity contribution in [3.05, 3.63) is 35.4 Å². The first-order valence-electron chi connectivity index (χ1n) is 9.48. The van der Waals surface area contributed by atoms with Crippen LogP contribution < -0.4 is 0 Å². The molecule has 0 bridgehead atoms. The number of fused-ring (bicyclic) bond motifs is 1. The van der Waals surface area contributed by atoms with Gasteiger partial charge < -0.3 is 0 Å². The van der Waals surface area contributed by atoms with Gasteiger partial charge in [-0.3, -0.25) is 24.1 Å². The number of hydrogen-bond acceptors (Lipinski definition) is 4. The summed E-state index contributed by atoms with van der Waals surface area (Å²) in [7, 11) is 0. The van der Waals surface area contributed by atoms with Crippen LogP contribution in [0.2, 0.25) is 0 Å². The highest BCUT2D eigenvalue weighted by atomic mass is 16.2. The maximum absolute atomic E-state index is 11.8. The van der Waals surface area contributed by atoms with E-state index in [-0.39, 0.29) is 40.8 Å². The van der Waals surface area contributed by atoms with E-state index in [0.29, 0.717) is 24.0 Å². The molecule has 1 aliphatic carbocycles. The summed E-state index contributed by atoms with van der Waals surface area (Å²) in [5.74, 6) is -0.455. The van der Waals surface area contributed by atoms with Crippen molar-refractivity contribution in [1.29, 1.82) is 0 Å². The maximum Gasteiger partial charge on any atom is 0.229 e. The summed E-state index contributed by atoms with van der Waals surface area (Å²) in [6.07, 6.45) is 0.966. The molecule has 3 rings (SSSR count). The highest BCUT2D eigenvalue weighted by molar-refractivity contribution is 6.26. The summed E-state index contributed by atoms with van der Waals surface area (Å²) in [5, 5.41) is 0. The molecular weight excluding hydrogens is 342 g/mol. The number of benzene rings is 1. The predicted octanol–water partition coefficient (Wildman–Crippen LogP) is 3.91. The fourth-order valence-corrected chi connectivity index (χ4v) is 3.74. The van der Waals surface area contributed by atoms with Gasteiger partial charge in [0.1, 0.15) is 0 Å². The smallest absolute Gasteiger partial charge is 0.229 e. The molecule has 1 fully saturated rings. The van der Waals surface area contributed by atoms with Crippen LogP contribution in [0.1, 0.15) is 75.1 Å². The van der Waals surface area contributed by atoms with E-state index in [1.165, 1.54) is 4.90 Å². The van der Waals surface area contributed by atoms with E-state index in [2.05, 4.69) is 0 Å². The van der Waals surface area contributed by atoms with Crippen molar-refractivity contribution < 1.29 is 19.2 Å². The molecular formula is C22H29NO4. The number of hydrogen-bond donors (Lipinski definition) is 0. The third-order valence-electron chi connectivity index (χ3n) is 5.00. The van der Waals surface area contributed by atoms with E-state index < -0.39 is 5.92 Å². The number of carbonyl (C=O) groups excluding carboxylic acids is 4. The third kappa shape index (κ3) is 4.34. The Balaban J connectivity index is 0.000000194. The Kier molecular flexibility index (Phi) is 6.03. The van der Waals surface area contributed by atoms with Gasteiger partial charge in [-0.25, -0.2) is 0 Å². The molecule has 5 nitrogen and oxygen atoms in total. The van der Waals surface area contributed by atoms with Gasteiger partial charge in [0.2, 0.25) is 11.8 Å². The number of carbonyl (C=O) groups is 4. The van der Waals surface area contributed by atoms with Gasteiger partial charge in [0, 0.05) is 30.0 Å². The Morgan fingerprint density at radius 1 is 0.852 bits per heavy atom. The minimum Gasteiger partial charge on any atom is -0.293 e.